The minimum Gasteiger partial charge on any atom is -0.384 e. The van der Waals surface area contributed by atoms with Crippen LogP contribution in [0.5, 0.6) is 0 Å². The SMILES string of the molecule is CC(C)Nc1cc(Nc2ccnc(N3CCCCC3)n2)ncc1C(=N)C(=O)NC1CCN(CCCCCCNc2cccc(C(=O)N(C)C3CCC(=O)NC3=O)c2C=O)CC1. The van der Waals surface area contributed by atoms with Crippen LogP contribution in [0.3, 0.4) is 0 Å². The van der Waals surface area contributed by atoms with E-state index in [1.54, 1.807) is 36.7 Å². The van der Waals surface area contributed by atoms with Crippen molar-refractivity contribution in [3.8, 4) is 0 Å². The van der Waals surface area contributed by atoms with Gasteiger partial charge < -0.3 is 36.0 Å². The van der Waals surface area contributed by atoms with Gasteiger partial charge in [-0.25, -0.2) is 9.97 Å². The number of aromatic nitrogens is 3. The quantitative estimate of drug-likeness (QED) is 0.0417. The molecule has 6 N–H and O–H groups in total. The first-order chi connectivity index (χ1) is 29.5. The number of aldehydes is 1. The van der Waals surface area contributed by atoms with Gasteiger partial charge in [0.2, 0.25) is 17.8 Å². The molecule has 3 aliphatic heterocycles. The number of pyridine rings is 1. The van der Waals surface area contributed by atoms with Gasteiger partial charge in [-0.1, -0.05) is 18.9 Å². The summed E-state index contributed by atoms with van der Waals surface area (Å²) < 4.78 is 0. The predicted octanol–water partition coefficient (Wildman–Crippen LogP) is 4.74. The molecule has 0 radical (unpaired) electrons. The normalized spacial score (nSPS) is 17.4. The number of piperidine rings is 3. The van der Waals surface area contributed by atoms with Crippen molar-refractivity contribution in [2.45, 2.75) is 103 Å². The number of nitrogens with zero attached hydrogens (tertiary/aromatic N) is 6. The molecule has 0 saturated carbocycles. The van der Waals surface area contributed by atoms with Crippen molar-refractivity contribution in [1.82, 2.24) is 35.4 Å². The second-order valence-electron chi connectivity index (χ2n) is 16.4. The molecule has 1 atom stereocenters. The summed E-state index contributed by atoms with van der Waals surface area (Å²) in [5, 5.41) is 24.2. The monoisotopic (exact) mass is 836 g/mol. The molecule has 6 rings (SSSR count). The molecule has 0 bridgehead atoms. The molecule has 17 heteroatoms. The van der Waals surface area contributed by atoms with Crippen molar-refractivity contribution >= 4 is 64.6 Å². The molecule has 0 spiro atoms. The number of anilines is 5. The van der Waals surface area contributed by atoms with Crippen LogP contribution in [0.4, 0.5) is 29.0 Å². The van der Waals surface area contributed by atoms with Crippen LogP contribution in [-0.2, 0) is 14.4 Å². The van der Waals surface area contributed by atoms with E-state index in [1.807, 2.05) is 19.9 Å². The average molecular weight is 837 g/mol. The van der Waals surface area contributed by atoms with Gasteiger partial charge in [-0.15, -0.1) is 0 Å². The minimum atomic E-state index is -0.776. The summed E-state index contributed by atoms with van der Waals surface area (Å²) in [6.45, 7) is 9.24. The Balaban J connectivity index is 0.901. The molecule has 5 heterocycles. The number of imide groups is 1. The fourth-order valence-corrected chi connectivity index (χ4v) is 8.08. The number of likely N-dealkylation sites (N-methyl/N-ethyl adjacent to an activating group) is 1. The van der Waals surface area contributed by atoms with Crippen molar-refractivity contribution in [2.24, 2.45) is 0 Å². The van der Waals surface area contributed by atoms with Crippen molar-refractivity contribution in [1.29, 1.82) is 5.41 Å². The highest BCUT2D eigenvalue weighted by molar-refractivity contribution is 6.45. The first kappa shape index (κ1) is 44.6. The zero-order chi connectivity index (χ0) is 43.3. The third-order valence-corrected chi connectivity index (χ3v) is 11.5. The van der Waals surface area contributed by atoms with E-state index in [9.17, 15) is 24.0 Å². The molecule has 3 aliphatic rings. The Morgan fingerprint density at radius 1 is 0.951 bits per heavy atom. The first-order valence-corrected chi connectivity index (χ1v) is 21.7. The Labute approximate surface area is 357 Å². The van der Waals surface area contributed by atoms with Crippen LogP contribution in [-0.4, -0.2) is 125 Å². The third kappa shape index (κ3) is 12.1. The third-order valence-electron chi connectivity index (χ3n) is 11.5. The van der Waals surface area contributed by atoms with Gasteiger partial charge in [0.15, 0.2) is 6.29 Å². The predicted molar refractivity (Wildman–Crippen MR) is 236 cm³/mol. The molecule has 3 fully saturated rings. The largest absolute Gasteiger partial charge is 0.384 e. The van der Waals surface area contributed by atoms with E-state index in [-0.39, 0.29) is 47.7 Å². The van der Waals surface area contributed by atoms with Gasteiger partial charge in [-0.05, 0) is 90.0 Å². The molecular formula is C44H60N12O5. The highest BCUT2D eigenvalue weighted by atomic mass is 16.2. The van der Waals surface area contributed by atoms with Crippen LogP contribution in [0.15, 0.2) is 42.7 Å². The summed E-state index contributed by atoms with van der Waals surface area (Å²) in [6, 6.07) is 7.95. The van der Waals surface area contributed by atoms with Crippen LogP contribution in [0.25, 0.3) is 0 Å². The fourth-order valence-electron chi connectivity index (χ4n) is 8.08. The number of benzene rings is 1. The molecule has 3 aromatic rings. The van der Waals surface area contributed by atoms with Gasteiger partial charge in [0, 0.05) is 93.7 Å². The van der Waals surface area contributed by atoms with Crippen molar-refractivity contribution in [3.63, 3.8) is 0 Å². The fraction of sp³-hybridized carbons (Fsp3) is 0.523. The van der Waals surface area contributed by atoms with E-state index in [2.05, 4.69) is 46.4 Å². The maximum atomic E-state index is 13.4. The van der Waals surface area contributed by atoms with Crippen molar-refractivity contribution in [2.75, 3.05) is 67.2 Å². The lowest BCUT2D eigenvalue weighted by molar-refractivity contribution is -0.136. The molecule has 17 nitrogen and oxygen atoms in total. The number of nitrogens with one attached hydrogen (secondary N) is 6. The number of likely N-dealkylation sites (tertiary alicyclic amines) is 1. The summed E-state index contributed by atoms with van der Waals surface area (Å²) in [5.74, 6) is 0.139. The molecular weight excluding hydrogens is 777 g/mol. The molecule has 1 aromatic carbocycles. The van der Waals surface area contributed by atoms with E-state index < -0.39 is 23.8 Å². The summed E-state index contributed by atoms with van der Waals surface area (Å²) in [7, 11) is 1.51. The van der Waals surface area contributed by atoms with E-state index in [1.165, 1.54) is 18.4 Å². The molecule has 2 aromatic heterocycles. The zero-order valence-electron chi connectivity index (χ0n) is 35.6. The lowest BCUT2D eigenvalue weighted by Crippen LogP contribution is -2.53. The number of carbonyl (C=O) groups is 5. The highest BCUT2D eigenvalue weighted by Crippen LogP contribution is 2.25. The van der Waals surface area contributed by atoms with Crippen LogP contribution in [0, 0.1) is 5.41 Å². The van der Waals surface area contributed by atoms with Gasteiger partial charge in [0.1, 0.15) is 23.4 Å². The molecule has 0 aliphatic carbocycles. The Kier molecular flexibility index (Phi) is 15.7. The molecule has 326 valence electrons. The van der Waals surface area contributed by atoms with Crippen LogP contribution in [0.1, 0.15) is 111 Å². The van der Waals surface area contributed by atoms with Crippen LogP contribution < -0.4 is 31.5 Å². The second kappa shape index (κ2) is 21.5. The van der Waals surface area contributed by atoms with Crippen LogP contribution in [0.2, 0.25) is 0 Å². The van der Waals surface area contributed by atoms with Gasteiger partial charge in [0.05, 0.1) is 11.1 Å². The minimum absolute atomic E-state index is 0.0136. The number of carbonyl (C=O) groups excluding carboxylic acids is 5. The van der Waals surface area contributed by atoms with Gasteiger partial charge in [-0.2, -0.15) is 4.98 Å². The molecule has 3 saturated heterocycles. The summed E-state index contributed by atoms with van der Waals surface area (Å²) in [6.07, 6.45) is 13.4. The van der Waals surface area contributed by atoms with Gasteiger partial charge in [0.25, 0.3) is 11.8 Å². The second-order valence-corrected chi connectivity index (χ2v) is 16.4. The smallest absolute Gasteiger partial charge is 0.270 e. The van der Waals surface area contributed by atoms with E-state index >= 15 is 0 Å². The Morgan fingerprint density at radius 2 is 1.72 bits per heavy atom. The van der Waals surface area contributed by atoms with Gasteiger partial charge in [-0.3, -0.25) is 34.7 Å². The molecule has 4 amide bonds. The zero-order valence-corrected chi connectivity index (χ0v) is 35.6. The summed E-state index contributed by atoms with van der Waals surface area (Å²) in [5.41, 5.74) is 1.97. The average Bonchev–Trinajstić information content (AvgIpc) is 3.26. The van der Waals surface area contributed by atoms with Crippen LogP contribution >= 0.6 is 0 Å². The maximum absolute atomic E-state index is 13.4. The first-order valence-electron chi connectivity index (χ1n) is 21.7. The molecule has 1 unspecified atom stereocenters. The Hall–Kier alpha value is -5.97. The Morgan fingerprint density at radius 3 is 2.46 bits per heavy atom. The summed E-state index contributed by atoms with van der Waals surface area (Å²) in [4.78, 5) is 82.3. The van der Waals surface area contributed by atoms with Gasteiger partial charge >= 0.3 is 0 Å². The van der Waals surface area contributed by atoms with Crippen molar-refractivity contribution < 1.29 is 24.0 Å². The van der Waals surface area contributed by atoms with E-state index in [0.29, 0.717) is 47.4 Å². The maximum Gasteiger partial charge on any atom is 0.270 e. The number of unbranched alkanes of at least 4 members (excludes halogenated alkanes) is 3. The topological polar surface area (TPSA) is 218 Å². The van der Waals surface area contributed by atoms with Crippen molar-refractivity contribution in [3.05, 3.63) is 59.4 Å². The van der Waals surface area contributed by atoms with E-state index in [0.717, 1.165) is 84.1 Å². The van der Waals surface area contributed by atoms with E-state index in [4.69, 9.17) is 10.4 Å². The highest BCUT2D eigenvalue weighted by Gasteiger charge is 2.33. The lowest BCUT2D eigenvalue weighted by Gasteiger charge is -2.32. The Bertz CT molecular complexity index is 2050. The summed E-state index contributed by atoms with van der Waals surface area (Å²) >= 11 is 0. The molecule has 61 heavy (non-hydrogen) atoms. The number of hydrogen-bond acceptors (Lipinski definition) is 14. The number of amides is 4. The standard InChI is InChI=1S/C44H60N12O5/c1-29(2)49-35-26-38(51-37-16-20-47-44(52-37)56-22-9-6-10-23-56)48-27-32(35)40(45)42(60)50-30-17-24-55(25-18-30)21-8-5-4-7-19-46-34-13-11-12-31(33(34)28-57)43(61)54(3)36-14-15-39(58)53-41(36)59/h11-13,16,20,26-30,36,45-46H,4-10,14-15,17-19,21-25H2,1-3H3,(H,50,60)(H,53,58,59)(H2,47,48,49,51,52). The number of hydrogen-bond donors (Lipinski definition) is 6. The number of rotatable bonds is 19. The lowest BCUT2D eigenvalue weighted by atomic mass is 10.0.